The third-order valence-corrected chi connectivity index (χ3v) is 3.33. The molecular weight excluding hydrogens is 243 g/mol. The van der Waals surface area contributed by atoms with E-state index >= 15 is 0 Å². The van der Waals surface area contributed by atoms with Crippen molar-refractivity contribution in [3.05, 3.63) is 35.3 Å². The molecule has 1 N–H and O–H groups in total. The van der Waals surface area contributed by atoms with Crippen molar-refractivity contribution >= 4 is 16.8 Å². The molecule has 3 nitrogen and oxygen atoms in total. The molecule has 0 fully saturated rings. The highest BCUT2D eigenvalue weighted by Crippen LogP contribution is 2.22. The Bertz CT molecular complexity index is 603. The van der Waals surface area contributed by atoms with Crippen LogP contribution in [0.3, 0.4) is 0 Å². The number of H-pyrrole nitrogens is 1. The lowest BCUT2D eigenvalue weighted by Crippen LogP contribution is -2.27. The van der Waals surface area contributed by atoms with Gasteiger partial charge in [-0.3, -0.25) is 4.79 Å². The molecule has 0 atom stereocenters. The second kappa shape index (κ2) is 5.43. The topological polar surface area (TPSA) is 36.1 Å². The molecule has 2 aromatic rings. The van der Waals surface area contributed by atoms with E-state index in [9.17, 15) is 9.18 Å². The molecule has 0 saturated heterocycles. The van der Waals surface area contributed by atoms with Crippen molar-refractivity contribution in [2.45, 2.75) is 26.7 Å². The number of nitrogens with zero attached hydrogens (tertiary/aromatic N) is 1. The number of aromatic amines is 1. The Kier molecular flexibility index (Phi) is 3.88. The van der Waals surface area contributed by atoms with Gasteiger partial charge in [0.2, 0.25) is 0 Å². The van der Waals surface area contributed by atoms with E-state index in [1.54, 1.807) is 24.1 Å². The molecule has 0 unspecified atom stereocenters. The number of fused-ring (bicyclic) bond motifs is 1. The summed E-state index contributed by atoms with van der Waals surface area (Å²) in [4.78, 5) is 16.7. The largest absolute Gasteiger partial charge is 0.348 e. The Morgan fingerprint density at radius 3 is 2.74 bits per heavy atom. The summed E-state index contributed by atoms with van der Waals surface area (Å²) in [5.74, 6) is -0.354. The number of hydrogen-bond donors (Lipinski definition) is 1. The maximum absolute atomic E-state index is 14.1. The van der Waals surface area contributed by atoms with Crippen LogP contribution < -0.4 is 0 Å². The quantitative estimate of drug-likeness (QED) is 0.901. The Balaban J connectivity index is 2.42. The van der Waals surface area contributed by atoms with E-state index in [1.807, 2.05) is 19.9 Å². The number of halogens is 1. The van der Waals surface area contributed by atoms with Crippen LogP contribution in [-0.2, 0) is 6.42 Å². The van der Waals surface area contributed by atoms with Gasteiger partial charge >= 0.3 is 0 Å². The number of carbonyl (C=O) groups excluding carboxylic acids is 1. The normalized spacial score (nSPS) is 10.9. The first kappa shape index (κ1) is 13.6. The van der Waals surface area contributed by atoms with E-state index in [0.717, 1.165) is 11.8 Å². The van der Waals surface area contributed by atoms with Crippen LogP contribution >= 0.6 is 0 Å². The maximum atomic E-state index is 14.1. The zero-order valence-corrected chi connectivity index (χ0v) is 11.6. The first-order chi connectivity index (χ1) is 9.08. The van der Waals surface area contributed by atoms with Gasteiger partial charge < -0.3 is 9.88 Å². The fraction of sp³-hybridized carbons (Fsp3) is 0.400. The summed E-state index contributed by atoms with van der Waals surface area (Å²) in [5.41, 5.74) is 1.53. The number of nitrogens with one attached hydrogen (secondary N) is 1. The highest BCUT2D eigenvalue weighted by atomic mass is 19.1. The molecule has 0 spiro atoms. The van der Waals surface area contributed by atoms with Crippen molar-refractivity contribution in [1.29, 1.82) is 0 Å². The van der Waals surface area contributed by atoms with E-state index < -0.39 is 0 Å². The highest BCUT2D eigenvalue weighted by Gasteiger charge is 2.16. The fourth-order valence-electron chi connectivity index (χ4n) is 2.24. The predicted octanol–water partition coefficient (Wildman–Crippen LogP) is 3.35. The molecule has 0 saturated carbocycles. The first-order valence-electron chi connectivity index (χ1n) is 6.64. The number of amides is 1. The minimum atomic E-state index is -0.253. The zero-order valence-electron chi connectivity index (χ0n) is 11.6. The minimum absolute atomic E-state index is 0.101. The Hall–Kier alpha value is -1.84. The summed E-state index contributed by atoms with van der Waals surface area (Å²) in [7, 11) is 1.76. The summed E-state index contributed by atoms with van der Waals surface area (Å²) in [6.07, 6.45) is 1.54. The summed E-state index contributed by atoms with van der Waals surface area (Å²) >= 11 is 0. The van der Waals surface area contributed by atoms with Crippen molar-refractivity contribution in [2.75, 3.05) is 13.6 Å². The van der Waals surface area contributed by atoms with Crippen LogP contribution in [0.15, 0.2) is 18.2 Å². The van der Waals surface area contributed by atoms with Crippen LogP contribution in [0, 0.1) is 5.82 Å². The number of carbonyl (C=O) groups is 1. The average Bonchev–Trinajstić information content (AvgIpc) is 2.83. The lowest BCUT2D eigenvalue weighted by Gasteiger charge is -2.14. The van der Waals surface area contributed by atoms with Gasteiger partial charge in [0, 0.05) is 19.0 Å². The summed E-state index contributed by atoms with van der Waals surface area (Å²) in [6, 6.07) is 5.34. The molecule has 2 rings (SSSR count). The smallest absolute Gasteiger partial charge is 0.270 e. The van der Waals surface area contributed by atoms with Crippen molar-refractivity contribution in [1.82, 2.24) is 9.88 Å². The number of hydrogen-bond acceptors (Lipinski definition) is 1. The van der Waals surface area contributed by atoms with Crippen LogP contribution in [0.2, 0.25) is 0 Å². The monoisotopic (exact) mass is 262 g/mol. The van der Waals surface area contributed by atoms with Crippen LogP contribution in [0.5, 0.6) is 0 Å². The van der Waals surface area contributed by atoms with E-state index in [0.29, 0.717) is 29.7 Å². The fourth-order valence-corrected chi connectivity index (χ4v) is 2.24. The van der Waals surface area contributed by atoms with Crippen LogP contribution in [-0.4, -0.2) is 29.4 Å². The Morgan fingerprint density at radius 1 is 1.37 bits per heavy atom. The molecule has 1 aromatic heterocycles. The Labute approximate surface area is 112 Å². The molecule has 0 radical (unpaired) electrons. The maximum Gasteiger partial charge on any atom is 0.270 e. The molecule has 1 heterocycles. The average molecular weight is 262 g/mol. The van der Waals surface area contributed by atoms with Crippen molar-refractivity contribution in [3.8, 4) is 0 Å². The second-order valence-electron chi connectivity index (χ2n) is 4.77. The van der Waals surface area contributed by atoms with Gasteiger partial charge in [-0.15, -0.1) is 0 Å². The molecule has 4 heteroatoms. The van der Waals surface area contributed by atoms with Gasteiger partial charge in [-0.2, -0.15) is 0 Å². The predicted molar refractivity (Wildman–Crippen MR) is 74.9 cm³/mol. The van der Waals surface area contributed by atoms with Crippen molar-refractivity contribution < 1.29 is 9.18 Å². The number of aryl methyl sites for hydroxylation is 1. The van der Waals surface area contributed by atoms with E-state index in [1.165, 1.54) is 0 Å². The molecule has 0 aliphatic carbocycles. The molecule has 19 heavy (non-hydrogen) atoms. The van der Waals surface area contributed by atoms with Crippen LogP contribution in [0.1, 0.15) is 36.3 Å². The summed E-state index contributed by atoms with van der Waals surface area (Å²) in [6.45, 7) is 4.62. The van der Waals surface area contributed by atoms with Crippen LogP contribution in [0.4, 0.5) is 4.39 Å². The van der Waals surface area contributed by atoms with Gasteiger partial charge in [0.05, 0.1) is 5.52 Å². The van der Waals surface area contributed by atoms with Gasteiger partial charge in [0.1, 0.15) is 11.5 Å². The van der Waals surface area contributed by atoms with Gasteiger partial charge in [0.25, 0.3) is 5.91 Å². The third kappa shape index (κ3) is 2.48. The van der Waals surface area contributed by atoms with Gasteiger partial charge in [-0.1, -0.05) is 26.0 Å². The summed E-state index contributed by atoms with van der Waals surface area (Å²) < 4.78 is 14.1. The molecule has 1 aromatic carbocycles. The second-order valence-corrected chi connectivity index (χ2v) is 4.77. The molecular formula is C15H19FN2O. The SMILES string of the molecule is CCCN(C)C(=O)c1cc2ccc(CC)c(F)c2[nH]1. The van der Waals surface area contributed by atoms with Gasteiger partial charge in [0.15, 0.2) is 0 Å². The van der Waals surface area contributed by atoms with E-state index in [-0.39, 0.29) is 11.7 Å². The standard InChI is InChI=1S/C15H19FN2O/c1-4-8-18(3)15(19)12-9-11-7-6-10(5-2)13(16)14(11)17-12/h6-7,9,17H,4-5,8H2,1-3H3. The molecule has 0 bridgehead atoms. The lowest BCUT2D eigenvalue weighted by atomic mass is 10.1. The lowest BCUT2D eigenvalue weighted by molar-refractivity contribution is 0.0790. The van der Waals surface area contributed by atoms with Crippen molar-refractivity contribution in [3.63, 3.8) is 0 Å². The first-order valence-corrected chi connectivity index (χ1v) is 6.64. The molecule has 102 valence electrons. The van der Waals surface area contributed by atoms with Crippen LogP contribution in [0.25, 0.3) is 10.9 Å². The molecule has 0 aliphatic rings. The molecule has 0 aliphatic heterocycles. The number of aromatic nitrogens is 1. The van der Waals surface area contributed by atoms with Gasteiger partial charge in [-0.05, 0) is 24.5 Å². The minimum Gasteiger partial charge on any atom is -0.348 e. The Morgan fingerprint density at radius 2 is 2.11 bits per heavy atom. The van der Waals surface area contributed by atoms with Crippen molar-refractivity contribution in [2.24, 2.45) is 0 Å². The van der Waals surface area contributed by atoms with E-state index in [2.05, 4.69) is 4.98 Å². The number of benzene rings is 1. The molecule has 1 amide bonds. The third-order valence-electron chi connectivity index (χ3n) is 3.33. The van der Waals surface area contributed by atoms with Gasteiger partial charge in [-0.25, -0.2) is 4.39 Å². The number of rotatable bonds is 4. The van der Waals surface area contributed by atoms with E-state index in [4.69, 9.17) is 0 Å². The highest BCUT2D eigenvalue weighted by molar-refractivity contribution is 5.98. The summed E-state index contributed by atoms with van der Waals surface area (Å²) in [5, 5.41) is 0.739. The zero-order chi connectivity index (χ0) is 14.0.